The molecular weight excluding hydrogens is 279 g/mol. The lowest BCUT2D eigenvalue weighted by molar-refractivity contribution is 0.311. The van der Waals surface area contributed by atoms with Gasteiger partial charge in [-0.25, -0.2) is 0 Å². The lowest BCUT2D eigenvalue weighted by Gasteiger charge is -2.18. The molecule has 0 radical (unpaired) electrons. The Bertz CT molecular complexity index is 400. The summed E-state index contributed by atoms with van der Waals surface area (Å²) < 4.78 is 0. The number of thiocarbonyl (C=S) groups is 1. The maximum Gasteiger partial charge on any atom is 0.197 e. The van der Waals surface area contributed by atoms with Gasteiger partial charge in [0.1, 0.15) is 0 Å². The van der Waals surface area contributed by atoms with Gasteiger partial charge in [0.25, 0.3) is 0 Å². The molecule has 0 spiro atoms. The second kappa shape index (κ2) is 5.18. The number of rotatable bonds is 1. The molecule has 0 unspecified atom stereocenters. The van der Waals surface area contributed by atoms with Crippen molar-refractivity contribution in [3.05, 3.63) is 27.2 Å². The van der Waals surface area contributed by atoms with Crippen LogP contribution in [0.15, 0.2) is 12.1 Å². The van der Waals surface area contributed by atoms with Crippen LogP contribution >= 0.6 is 47.0 Å². The predicted molar refractivity (Wildman–Crippen MR) is 67.4 cm³/mol. The summed E-state index contributed by atoms with van der Waals surface area (Å²) in [6.45, 7) is 0. The molecule has 7 heteroatoms. The zero-order valence-corrected chi connectivity index (χ0v) is 10.7. The smallest absolute Gasteiger partial charge is 0.197 e. The van der Waals surface area contributed by atoms with Gasteiger partial charge in [-0.15, -0.1) is 0 Å². The highest BCUT2D eigenvalue weighted by Crippen LogP contribution is 2.33. The van der Waals surface area contributed by atoms with E-state index in [0.29, 0.717) is 5.02 Å². The van der Waals surface area contributed by atoms with Gasteiger partial charge in [-0.2, -0.15) is 5.06 Å². The zero-order valence-electron chi connectivity index (χ0n) is 7.59. The first-order chi connectivity index (χ1) is 6.97. The molecule has 0 saturated heterocycles. The van der Waals surface area contributed by atoms with Crippen LogP contribution in [0.25, 0.3) is 0 Å². The molecule has 0 heterocycles. The normalized spacial score (nSPS) is 9.93. The number of benzene rings is 1. The minimum Gasteiger partial charge on any atom is -0.364 e. The first-order valence-electron chi connectivity index (χ1n) is 3.82. The van der Waals surface area contributed by atoms with Gasteiger partial charge in [-0.3, -0.25) is 5.21 Å². The van der Waals surface area contributed by atoms with Gasteiger partial charge in [-0.05, 0) is 24.4 Å². The largest absolute Gasteiger partial charge is 0.364 e. The van der Waals surface area contributed by atoms with E-state index in [9.17, 15) is 5.21 Å². The van der Waals surface area contributed by atoms with Crippen molar-refractivity contribution in [2.75, 3.05) is 12.1 Å². The van der Waals surface area contributed by atoms with E-state index in [2.05, 4.69) is 5.32 Å². The Kier molecular flexibility index (Phi) is 4.43. The average Bonchev–Trinajstić information content (AvgIpc) is 2.21. The molecule has 0 aliphatic carbocycles. The van der Waals surface area contributed by atoms with E-state index in [1.54, 1.807) is 7.05 Å². The van der Waals surface area contributed by atoms with Crippen molar-refractivity contribution in [1.82, 2.24) is 5.32 Å². The number of nitrogens with one attached hydrogen (secondary N) is 1. The predicted octanol–water partition coefficient (Wildman–Crippen LogP) is 3.35. The highest BCUT2D eigenvalue weighted by atomic mass is 35.5. The summed E-state index contributed by atoms with van der Waals surface area (Å²) >= 11 is 22.2. The first-order valence-corrected chi connectivity index (χ1v) is 5.37. The molecule has 0 atom stereocenters. The van der Waals surface area contributed by atoms with Crippen LogP contribution in [0.5, 0.6) is 0 Å². The topological polar surface area (TPSA) is 35.5 Å². The molecule has 1 rings (SSSR count). The van der Waals surface area contributed by atoms with Crippen molar-refractivity contribution >= 4 is 57.8 Å². The third kappa shape index (κ3) is 2.86. The van der Waals surface area contributed by atoms with Gasteiger partial charge in [0, 0.05) is 7.05 Å². The molecule has 0 bridgehead atoms. The molecule has 82 valence electrons. The standard InChI is InChI=1S/C8H7Cl3N2OS/c1-12-8(15)13(14)7-3-5(10)4(9)2-6(7)11/h2-3,14H,1H3,(H,12,15). The number of hydroxylamine groups is 1. The average molecular weight is 286 g/mol. The number of hydrogen-bond acceptors (Lipinski definition) is 2. The van der Waals surface area contributed by atoms with E-state index in [4.69, 9.17) is 47.0 Å². The third-order valence-electron chi connectivity index (χ3n) is 1.62. The van der Waals surface area contributed by atoms with E-state index in [1.165, 1.54) is 12.1 Å². The molecule has 0 aliphatic rings. The van der Waals surface area contributed by atoms with Crippen LogP contribution < -0.4 is 10.4 Å². The van der Waals surface area contributed by atoms with Gasteiger partial charge < -0.3 is 5.32 Å². The maximum absolute atomic E-state index is 9.63. The molecule has 0 saturated carbocycles. The van der Waals surface area contributed by atoms with Gasteiger partial charge in [-0.1, -0.05) is 34.8 Å². The lowest BCUT2D eigenvalue weighted by atomic mass is 10.3. The van der Waals surface area contributed by atoms with Crippen molar-refractivity contribution in [3.63, 3.8) is 0 Å². The second-order valence-corrected chi connectivity index (χ2v) is 4.19. The summed E-state index contributed by atoms with van der Waals surface area (Å²) in [5, 5.41) is 13.9. The Morgan fingerprint density at radius 3 is 2.33 bits per heavy atom. The number of nitrogens with zero attached hydrogens (tertiary/aromatic N) is 1. The van der Waals surface area contributed by atoms with Crippen LogP contribution in [0, 0.1) is 0 Å². The summed E-state index contributed by atoms with van der Waals surface area (Å²) in [7, 11) is 1.58. The second-order valence-electron chi connectivity index (χ2n) is 2.58. The van der Waals surface area contributed by atoms with Crippen LogP contribution in [0.4, 0.5) is 5.69 Å². The summed E-state index contributed by atoms with van der Waals surface area (Å²) in [4.78, 5) is 0. The fraction of sp³-hybridized carbons (Fsp3) is 0.125. The fourth-order valence-electron chi connectivity index (χ4n) is 0.890. The Balaban J connectivity index is 3.14. The van der Waals surface area contributed by atoms with Crippen LogP contribution in [-0.4, -0.2) is 17.4 Å². The maximum atomic E-state index is 9.63. The van der Waals surface area contributed by atoms with E-state index in [1.807, 2.05) is 0 Å². The molecule has 0 fully saturated rings. The van der Waals surface area contributed by atoms with Gasteiger partial charge >= 0.3 is 0 Å². The molecule has 2 N–H and O–H groups in total. The summed E-state index contributed by atoms with van der Waals surface area (Å²) in [5.74, 6) is 0. The first kappa shape index (κ1) is 12.8. The molecule has 1 aromatic carbocycles. The van der Waals surface area contributed by atoms with Crippen molar-refractivity contribution < 1.29 is 5.21 Å². The van der Waals surface area contributed by atoms with E-state index in [0.717, 1.165) is 5.06 Å². The van der Waals surface area contributed by atoms with Crippen molar-refractivity contribution in [2.45, 2.75) is 0 Å². The SMILES string of the molecule is CNC(=S)N(O)c1cc(Cl)c(Cl)cc1Cl. The molecule has 1 aromatic rings. The molecule has 0 aromatic heterocycles. The van der Waals surface area contributed by atoms with E-state index < -0.39 is 0 Å². The fourth-order valence-corrected chi connectivity index (χ4v) is 1.61. The zero-order chi connectivity index (χ0) is 11.6. The number of anilines is 1. The summed E-state index contributed by atoms with van der Waals surface area (Å²) in [6, 6.07) is 2.86. The Morgan fingerprint density at radius 2 is 1.80 bits per heavy atom. The minimum absolute atomic E-state index is 0.107. The summed E-state index contributed by atoms with van der Waals surface area (Å²) in [6.07, 6.45) is 0. The van der Waals surface area contributed by atoms with Crippen LogP contribution in [0.1, 0.15) is 0 Å². The molecular formula is C8H7Cl3N2OS. The highest BCUT2D eigenvalue weighted by molar-refractivity contribution is 7.80. The van der Waals surface area contributed by atoms with Gasteiger partial charge in [0.15, 0.2) is 5.11 Å². The van der Waals surface area contributed by atoms with Gasteiger partial charge in [0.05, 0.1) is 20.8 Å². The minimum atomic E-state index is 0.107. The Hall–Kier alpha value is -0.260. The highest BCUT2D eigenvalue weighted by Gasteiger charge is 2.14. The summed E-state index contributed by atoms with van der Waals surface area (Å²) in [5.41, 5.74) is 0.269. The van der Waals surface area contributed by atoms with Gasteiger partial charge in [0.2, 0.25) is 0 Å². The van der Waals surface area contributed by atoms with E-state index in [-0.39, 0.29) is 20.8 Å². The van der Waals surface area contributed by atoms with Crippen molar-refractivity contribution in [1.29, 1.82) is 0 Å². The molecule has 0 amide bonds. The lowest BCUT2D eigenvalue weighted by Crippen LogP contribution is -2.35. The third-order valence-corrected chi connectivity index (χ3v) is 3.03. The van der Waals surface area contributed by atoms with Crippen LogP contribution in [-0.2, 0) is 0 Å². The quantitative estimate of drug-likeness (QED) is 0.471. The monoisotopic (exact) mass is 284 g/mol. The Labute approximate surface area is 107 Å². The van der Waals surface area contributed by atoms with Crippen molar-refractivity contribution in [3.8, 4) is 0 Å². The van der Waals surface area contributed by atoms with E-state index >= 15 is 0 Å². The Morgan fingerprint density at radius 1 is 1.27 bits per heavy atom. The number of hydrogen-bond donors (Lipinski definition) is 2. The van der Waals surface area contributed by atoms with Crippen molar-refractivity contribution in [2.24, 2.45) is 0 Å². The molecule has 0 aliphatic heterocycles. The molecule has 3 nitrogen and oxygen atoms in total. The van der Waals surface area contributed by atoms with Crippen LogP contribution in [0.2, 0.25) is 15.1 Å². The number of halogens is 3. The van der Waals surface area contributed by atoms with Crippen LogP contribution in [0.3, 0.4) is 0 Å². The molecule has 15 heavy (non-hydrogen) atoms.